The van der Waals surface area contributed by atoms with Crippen LogP contribution in [0, 0.1) is 23.7 Å². The first kappa shape index (κ1) is 33.8. The SMILES string of the molecule is C=C1C[C@@H](NC(O)CC(C)C)/C=C\CN[C@@H]([C@H](CCCC)C(=C)C2NC3CC=C(NC(O)C(C)C(C)C)C[C@H]3N2)N1. The van der Waals surface area contributed by atoms with Gasteiger partial charge in [-0.1, -0.05) is 85.8 Å². The lowest BCUT2D eigenvalue weighted by Gasteiger charge is -2.34. The van der Waals surface area contributed by atoms with Gasteiger partial charge in [-0.2, -0.15) is 0 Å². The molecule has 2 heterocycles. The van der Waals surface area contributed by atoms with Crippen molar-refractivity contribution in [1.82, 2.24) is 31.9 Å². The van der Waals surface area contributed by atoms with E-state index < -0.39 is 12.5 Å². The fourth-order valence-corrected chi connectivity index (χ4v) is 6.16. The van der Waals surface area contributed by atoms with Crippen LogP contribution in [0.5, 0.6) is 0 Å². The smallest absolute Gasteiger partial charge is 0.127 e. The molecule has 1 saturated heterocycles. The van der Waals surface area contributed by atoms with Crippen molar-refractivity contribution in [2.24, 2.45) is 23.7 Å². The Labute approximate surface area is 250 Å². The fraction of sp³-hybridized carbons (Fsp3) is 0.758. The molecule has 2 aliphatic heterocycles. The van der Waals surface area contributed by atoms with Crippen molar-refractivity contribution < 1.29 is 10.2 Å². The first-order valence-electron chi connectivity index (χ1n) is 16.1. The number of unbranched alkanes of at least 4 members (excludes halogenated alkanes) is 1. The van der Waals surface area contributed by atoms with E-state index in [0.717, 1.165) is 56.5 Å². The Morgan fingerprint density at radius 1 is 1.10 bits per heavy atom. The lowest BCUT2D eigenvalue weighted by molar-refractivity contribution is 0.0684. The molecule has 8 heteroatoms. The summed E-state index contributed by atoms with van der Waals surface area (Å²) in [6.45, 7) is 22.6. The van der Waals surface area contributed by atoms with Crippen molar-refractivity contribution in [3.8, 4) is 0 Å². The summed E-state index contributed by atoms with van der Waals surface area (Å²) in [7, 11) is 0. The highest BCUT2D eigenvalue weighted by molar-refractivity contribution is 5.22. The van der Waals surface area contributed by atoms with Gasteiger partial charge in [0.15, 0.2) is 0 Å². The summed E-state index contributed by atoms with van der Waals surface area (Å²) in [4.78, 5) is 0. The third kappa shape index (κ3) is 10.2. The summed E-state index contributed by atoms with van der Waals surface area (Å²) in [5.74, 6) is 1.24. The Bertz CT molecular complexity index is 902. The molecule has 5 unspecified atom stereocenters. The Hall–Kier alpha value is -1.68. The number of nitrogens with one attached hydrogen (secondary N) is 6. The van der Waals surface area contributed by atoms with Crippen LogP contribution in [-0.2, 0) is 0 Å². The standard InChI is InChI=1S/C33H60N6O2/c1-9-10-13-27(32-34-16-11-12-25(18-22(6)35-32)36-30(40)17-20(2)3)24(8)31-38-28-15-14-26(19-29(28)39-31)37-33(41)23(7)21(4)5/h11-12,14,20-21,23,25,27-41H,6,8-10,13,15-19H2,1-5,7H3/b12-11-/t23?,25-,27+,28?,29+,30?,31?,32+,33?/m0/s1. The van der Waals surface area contributed by atoms with Crippen LogP contribution in [-0.4, -0.2) is 59.7 Å². The predicted molar refractivity (Wildman–Crippen MR) is 170 cm³/mol. The summed E-state index contributed by atoms with van der Waals surface area (Å²) in [5, 5.41) is 42.9. The van der Waals surface area contributed by atoms with Gasteiger partial charge < -0.3 is 20.8 Å². The number of rotatable bonds is 14. The maximum Gasteiger partial charge on any atom is 0.127 e. The molecule has 9 atom stereocenters. The monoisotopic (exact) mass is 572 g/mol. The molecule has 8 N–H and O–H groups in total. The van der Waals surface area contributed by atoms with Crippen LogP contribution in [0.25, 0.3) is 0 Å². The normalized spacial score (nSPS) is 30.7. The zero-order chi connectivity index (χ0) is 30.1. The van der Waals surface area contributed by atoms with Gasteiger partial charge in [0.05, 0.1) is 12.3 Å². The van der Waals surface area contributed by atoms with Gasteiger partial charge in [0.2, 0.25) is 0 Å². The molecular weight excluding hydrogens is 512 g/mol. The van der Waals surface area contributed by atoms with Crippen molar-refractivity contribution >= 4 is 0 Å². The molecule has 1 aliphatic carbocycles. The number of aliphatic hydroxyl groups excluding tert-OH is 2. The van der Waals surface area contributed by atoms with Gasteiger partial charge in [0, 0.05) is 60.7 Å². The molecule has 3 aliphatic rings. The van der Waals surface area contributed by atoms with Crippen LogP contribution in [0.3, 0.4) is 0 Å². The van der Waals surface area contributed by atoms with E-state index in [1.165, 1.54) is 5.57 Å². The lowest BCUT2D eigenvalue weighted by Crippen LogP contribution is -2.51. The van der Waals surface area contributed by atoms with Gasteiger partial charge >= 0.3 is 0 Å². The summed E-state index contributed by atoms with van der Waals surface area (Å²) in [5.41, 5.74) is 3.24. The summed E-state index contributed by atoms with van der Waals surface area (Å²) >= 11 is 0. The zero-order valence-electron chi connectivity index (χ0n) is 26.5. The van der Waals surface area contributed by atoms with Gasteiger partial charge in [-0.15, -0.1) is 0 Å². The zero-order valence-corrected chi connectivity index (χ0v) is 26.5. The minimum absolute atomic E-state index is 0.0137. The Morgan fingerprint density at radius 2 is 1.83 bits per heavy atom. The highest BCUT2D eigenvalue weighted by Gasteiger charge is 2.39. The molecule has 8 nitrogen and oxygen atoms in total. The van der Waals surface area contributed by atoms with E-state index in [2.05, 4.69) is 105 Å². The molecule has 3 rings (SSSR count). The second-order valence-corrected chi connectivity index (χ2v) is 13.3. The van der Waals surface area contributed by atoms with E-state index in [1.54, 1.807) is 0 Å². The van der Waals surface area contributed by atoms with E-state index in [9.17, 15) is 10.2 Å². The molecule has 0 radical (unpaired) electrons. The minimum Gasteiger partial charge on any atom is -0.379 e. The first-order chi connectivity index (χ1) is 19.5. The summed E-state index contributed by atoms with van der Waals surface area (Å²) < 4.78 is 0. The van der Waals surface area contributed by atoms with E-state index in [4.69, 9.17) is 0 Å². The molecule has 234 valence electrons. The van der Waals surface area contributed by atoms with Crippen LogP contribution in [0.15, 0.2) is 48.4 Å². The lowest BCUT2D eigenvalue weighted by atomic mass is 9.89. The molecule has 0 saturated carbocycles. The van der Waals surface area contributed by atoms with Gasteiger partial charge in [0.1, 0.15) is 12.5 Å². The van der Waals surface area contributed by atoms with Gasteiger partial charge in [-0.05, 0) is 36.7 Å². The van der Waals surface area contributed by atoms with Crippen LogP contribution in [0.1, 0.15) is 86.5 Å². The second-order valence-electron chi connectivity index (χ2n) is 13.3. The van der Waals surface area contributed by atoms with Gasteiger partial charge in [-0.3, -0.25) is 21.3 Å². The molecular formula is C33H60N6O2. The van der Waals surface area contributed by atoms with Crippen molar-refractivity contribution in [2.75, 3.05) is 6.54 Å². The number of aliphatic hydroxyl groups is 2. The van der Waals surface area contributed by atoms with Crippen molar-refractivity contribution in [2.45, 2.75) is 129 Å². The van der Waals surface area contributed by atoms with Gasteiger partial charge in [-0.25, -0.2) is 0 Å². The van der Waals surface area contributed by atoms with Crippen LogP contribution < -0.4 is 31.9 Å². The largest absolute Gasteiger partial charge is 0.379 e. The Kier molecular flexibility index (Phi) is 13.4. The number of hydrogen-bond acceptors (Lipinski definition) is 8. The predicted octanol–water partition coefficient (Wildman–Crippen LogP) is 3.78. The van der Waals surface area contributed by atoms with Gasteiger partial charge in [0.25, 0.3) is 0 Å². The van der Waals surface area contributed by atoms with Crippen LogP contribution in [0.4, 0.5) is 0 Å². The Morgan fingerprint density at radius 3 is 2.51 bits per heavy atom. The molecule has 0 amide bonds. The molecule has 0 spiro atoms. The number of hydrogen-bond donors (Lipinski definition) is 8. The second kappa shape index (κ2) is 16.2. The highest BCUT2D eigenvalue weighted by Crippen LogP contribution is 2.30. The van der Waals surface area contributed by atoms with E-state index in [-0.39, 0.29) is 30.2 Å². The third-order valence-electron chi connectivity index (χ3n) is 9.06. The molecule has 0 bridgehead atoms. The van der Waals surface area contributed by atoms with E-state index in [1.807, 2.05) is 0 Å². The van der Waals surface area contributed by atoms with Crippen LogP contribution in [0.2, 0.25) is 0 Å². The molecule has 0 aromatic rings. The minimum atomic E-state index is -0.535. The summed E-state index contributed by atoms with van der Waals surface area (Å²) in [6.07, 6.45) is 12.0. The molecule has 0 aromatic heterocycles. The maximum absolute atomic E-state index is 10.7. The highest BCUT2D eigenvalue weighted by atomic mass is 16.3. The Balaban J connectivity index is 1.62. The van der Waals surface area contributed by atoms with Crippen molar-refractivity contribution in [3.05, 3.63) is 48.4 Å². The fourth-order valence-electron chi connectivity index (χ4n) is 6.16. The number of fused-ring (bicyclic) bond motifs is 1. The molecule has 0 aromatic carbocycles. The van der Waals surface area contributed by atoms with Crippen molar-refractivity contribution in [3.63, 3.8) is 0 Å². The van der Waals surface area contributed by atoms with Crippen LogP contribution >= 0.6 is 0 Å². The van der Waals surface area contributed by atoms with E-state index in [0.29, 0.717) is 30.3 Å². The quantitative estimate of drug-likeness (QED) is 0.117. The molecule has 41 heavy (non-hydrogen) atoms. The summed E-state index contributed by atoms with van der Waals surface area (Å²) in [6, 6.07) is 0.665. The average Bonchev–Trinajstić information content (AvgIpc) is 3.35. The first-order valence-corrected chi connectivity index (χ1v) is 16.1. The maximum atomic E-state index is 10.7. The topological polar surface area (TPSA) is 113 Å². The van der Waals surface area contributed by atoms with Crippen molar-refractivity contribution in [1.29, 1.82) is 0 Å². The average molecular weight is 573 g/mol. The van der Waals surface area contributed by atoms with E-state index >= 15 is 0 Å². The third-order valence-corrected chi connectivity index (χ3v) is 9.06. The molecule has 1 fully saturated rings.